The van der Waals surface area contributed by atoms with Gasteiger partial charge in [0.2, 0.25) is 0 Å². The van der Waals surface area contributed by atoms with E-state index >= 15 is 0 Å². The predicted molar refractivity (Wildman–Crippen MR) is 54.1 cm³/mol. The molecular formula is C11H19NO2. The molecular weight excluding hydrogens is 178 g/mol. The highest BCUT2D eigenvalue weighted by atomic mass is 16.4. The maximum Gasteiger partial charge on any atom is 0.303 e. The average Bonchev–Trinajstić information content (AvgIpc) is 2.87. The molecule has 2 N–H and O–H groups in total. The summed E-state index contributed by atoms with van der Waals surface area (Å²) in [5.41, 5.74) is 0. The minimum Gasteiger partial charge on any atom is -0.481 e. The largest absolute Gasteiger partial charge is 0.481 e. The number of nitrogens with one attached hydrogen (secondary N) is 1. The van der Waals surface area contributed by atoms with E-state index in [1.807, 2.05) is 0 Å². The summed E-state index contributed by atoms with van der Waals surface area (Å²) >= 11 is 0. The summed E-state index contributed by atoms with van der Waals surface area (Å²) in [6, 6.07) is 0.494. The number of rotatable bonds is 3. The molecule has 0 spiro atoms. The topological polar surface area (TPSA) is 49.3 Å². The van der Waals surface area contributed by atoms with Crippen LogP contribution in [0.3, 0.4) is 0 Å². The Kier molecular flexibility index (Phi) is 3.06. The van der Waals surface area contributed by atoms with Crippen molar-refractivity contribution in [2.45, 2.75) is 44.6 Å². The van der Waals surface area contributed by atoms with Gasteiger partial charge in [-0.25, -0.2) is 0 Å². The standard InChI is InChI=1S/C11H19NO2/c13-10(14)7-9-3-1-2-6-12-11(9)8-4-5-8/h8-9,11-12H,1-7H2,(H,13,14)/t9-,11-/m0/s1. The monoisotopic (exact) mass is 197 g/mol. The summed E-state index contributed by atoms with van der Waals surface area (Å²) in [5.74, 6) is 0.518. The van der Waals surface area contributed by atoms with E-state index in [2.05, 4.69) is 5.32 Å². The third kappa shape index (κ3) is 2.47. The third-order valence-corrected chi connectivity index (χ3v) is 3.46. The maximum absolute atomic E-state index is 10.7. The number of carbonyl (C=O) groups is 1. The Morgan fingerprint density at radius 2 is 2.07 bits per heavy atom. The number of aliphatic carboxylic acids is 1. The Labute approximate surface area is 84.9 Å². The van der Waals surface area contributed by atoms with Gasteiger partial charge >= 0.3 is 5.97 Å². The van der Waals surface area contributed by atoms with Crippen LogP contribution in [0.1, 0.15) is 38.5 Å². The highest BCUT2D eigenvalue weighted by Gasteiger charge is 2.37. The van der Waals surface area contributed by atoms with Gasteiger partial charge in [-0.1, -0.05) is 6.42 Å². The van der Waals surface area contributed by atoms with Gasteiger partial charge in [0, 0.05) is 12.5 Å². The molecule has 0 amide bonds. The second-order valence-corrected chi connectivity index (χ2v) is 4.67. The fourth-order valence-electron chi connectivity index (χ4n) is 2.61. The lowest BCUT2D eigenvalue weighted by Gasteiger charge is -2.24. The van der Waals surface area contributed by atoms with Crippen LogP contribution < -0.4 is 5.32 Å². The molecule has 0 bridgehead atoms. The molecule has 14 heavy (non-hydrogen) atoms. The fraction of sp³-hybridized carbons (Fsp3) is 0.909. The van der Waals surface area contributed by atoms with Gasteiger partial charge in [0.1, 0.15) is 0 Å². The molecule has 0 aromatic carbocycles. The van der Waals surface area contributed by atoms with Crippen LogP contribution in [0.5, 0.6) is 0 Å². The lowest BCUT2D eigenvalue weighted by molar-refractivity contribution is -0.138. The smallest absolute Gasteiger partial charge is 0.303 e. The van der Waals surface area contributed by atoms with Gasteiger partial charge in [0.25, 0.3) is 0 Å². The highest BCUT2D eigenvalue weighted by molar-refractivity contribution is 5.67. The van der Waals surface area contributed by atoms with Crippen molar-refractivity contribution in [1.82, 2.24) is 5.32 Å². The van der Waals surface area contributed by atoms with E-state index in [-0.39, 0.29) is 0 Å². The quantitative estimate of drug-likeness (QED) is 0.723. The molecule has 1 aliphatic carbocycles. The Hall–Kier alpha value is -0.570. The van der Waals surface area contributed by atoms with Crippen molar-refractivity contribution in [1.29, 1.82) is 0 Å². The van der Waals surface area contributed by atoms with Gasteiger partial charge in [-0.3, -0.25) is 4.79 Å². The molecule has 0 aromatic rings. The second-order valence-electron chi connectivity index (χ2n) is 4.67. The zero-order valence-electron chi connectivity index (χ0n) is 8.54. The van der Waals surface area contributed by atoms with Crippen molar-refractivity contribution in [3.05, 3.63) is 0 Å². The molecule has 1 saturated carbocycles. The summed E-state index contributed by atoms with van der Waals surface area (Å²) in [4.78, 5) is 10.7. The van der Waals surface area contributed by atoms with Crippen molar-refractivity contribution < 1.29 is 9.90 Å². The molecule has 0 radical (unpaired) electrons. The van der Waals surface area contributed by atoms with Crippen molar-refractivity contribution >= 4 is 5.97 Å². The molecule has 2 atom stereocenters. The number of hydrogen-bond donors (Lipinski definition) is 2. The van der Waals surface area contributed by atoms with E-state index in [9.17, 15) is 4.79 Å². The summed E-state index contributed by atoms with van der Waals surface area (Å²) in [6.07, 6.45) is 6.45. The zero-order chi connectivity index (χ0) is 9.97. The van der Waals surface area contributed by atoms with E-state index in [0.717, 1.165) is 18.9 Å². The number of hydrogen-bond acceptors (Lipinski definition) is 2. The summed E-state index contributed by atoms with van der Waals surface area (Å²) in [6.45, 7) is 1.08. The fourth-order valence-corrected chi connectivity index (χ4v) is 2.61. The Morgan fingerprint density at radius 3 is 2.71 bits per heavy atom. The third-order valence-electron chi connectivity index (χ3n) is 3.46. The van der Waals surface area contributed by atoms with Crippen LogP contribution in [0.25, 0.3) is 0 Å². The average molecular weight is 197 g/mol. The molecule has 2 rings (SSSR count). The first-order chi connectivity index (χ1) is 6.77. The van der Waals surface area contributed by atoms with Gasteiger partial charge in [-0.2, -0.15) is 0 Å². The van der Waals surface area contributed by atoms with E-state index in [4.69, 9.17) is 5.11 Å². The molecule has 0 aromatic heterocycles. The van der Waals surface area contributed by atoms with Gasteiger partial charge in [-0.05, 0) is 44.1 Å². The molecule has 3 heteroatoms. The van der Waals surface area contributed by atoms with Crippen molar-refractivity contribution in [2.24, 2.45) is 11.8 Å². The number of carboxylic acids is 1. The highest BCUT2D eigenvalue weighted by Crippen LogP contribution is 2.39. The van der Waals surface area contributed by atoms with Crippen LogP contribution in [0.2, 0.25) is 0 Å². The second kappa shape index (κ2) is 4.30. The Bertz CT molecular complexity index is 213. The Balaban J connectivity index is 1.95. The summed E-state index contributed by atoms with van der Waals surface area (Å²) in [7, 11) is 0. The van der Waals surface area contributed by atoms with Crippen molar-refractivity contribution in [3.63, 3.8) is 0 Å². The van der Waals surface area contributed by atoms with Crippen LogP contribution in [0.4, 0.5) is 0 Å². The zero-order valence-corrected chi connectivity index (χ0v) is 8.54. The van der Waals surface area contributed by atoms with Gasteiger partial charge < -0.3 is 10.4 Å². The molecule has 1 aliphatic heterocycles. The van der Waals surface area contributed by atoms with Gasteiger partial charge in [0.05, 0.1) is 0 Å². The van der Waals surface area contributed by atoms with E-state index < -0.39 is 5.97 Å². The van der Waals surface area contributed by atoms with Crippen molar-refractivity contribution in [3.8, 4) is 0 Å². The van der Waals surface area contributed by atoms with Gasteiger partial charge in [0.15, 0.2) is 0 Å². The van der Waals surface area contributed by atoms with Crippen LogP contribution >= 0.6 is 0 Å². The SMILES string of the molecule is O=C(O)C[C@@H]1CCCCN[C@H]1C1CC1. The van der Waals surface area contributed by atoms with E-state index in [1.54, 1.807) is 0 Å². The first-order valence-electron chi connectivity index (χ1n) is 5.72. The molecule has 1 saturated heterocycles. The molecule has 3 nitrogen and oxygen atoms in total. The summed E-state index contributed by atoms with van der Waals surface area (Å²) in [5, 5.41) is 12.4. The lowest BCUT2D eigenvalue weighted by atomic mass is 9.89. The van der Waals surface area contributed by atoms with Crippen molar-refractivity contribution in [2.75, 3.05) is 6.54 Å². The first-order valence-corrected chi connectivity index (χ1v) is 5.72. The van der Waals surface area contributed by atoms with Crippen LogP contribution in [-0.4, -0.2) is 23.7 Å². The minimum absolute atomic E-state index is 0.355. The minimum atomic E-state index is -0.635. The molecule has 0 unspecified atom stereocenters. The molecule has 2 aliphatic rings. The Morgan fingerprint density at radius 1 is 1.29 bits per heavy atom. The van der Waals surface area contributed by atoms with Crippen LogP contribution in [0, 0.1) is 11.8 Å². The molecule has 2 fully saturated rings. The normalized spacial score (nSPS) is 33.7. The van der Waals surface area contributed by atoms with E-state index in [1.165, 1.54) is 25.7 Å². The van der Waals surface area contributed by atoms with Crippen LogP contribution in [0.15, 0.2) is 0 Å². The predicted octanol–water partition coefficient (Wildman–Crippen LogP) is 1.63. The summed E-state index contributed by atoms with van der Waals surface area (Å²) < 4.78 is 0. The van der Waals surface area contributed by atoms with Crippen LogP contribution in [-0.2, 0) is 4.79 Å². The molecule has 1 heterocycles. The van der Waals surface area contributed by atoms with Gasteiger partial charge in [-0.15, -0.1) is 0 Å². The number of carboxylic acid groups (broad SMARTS) is 1. The maximum atomic E-state index is 10.7. The first kappa shape index (κ1) is 9.97. The lowest BCUT2D eigenvalue weighted by Crippen LogP contribution is -2.37. The van der Waals surface area contributed by atoms with E-state index in [0.29, 0.717) is 18.4 Å². The molecule has 80 valence electrons.